The monoisotopic (exact) mass is 134 g/mol. The highest BCUT2D eigenvalue weighted by Crippen LogP contribution is 1.46. The van der Waals surface area contributed by atoms with Crippen molar-refractivity contribution in [3.8, 4) is 0 Å². The molecule has 0 aliphatic heterocycles. The Labute approximate surface area is 52.1 Å². The number of rotatable bonds is 1. The van der Waals surface area contributed by atoms with E-state index in [1.165, 1.54) is 0 Å². The average molecular weight is 134 g/mol. The van der Waals surface area contributed by atoms with E-state index < -0.39 is 13.1 Å². The van der Waals surface area contributed by atoms with Crippen molar-refractivity contribution < 1.29 is 24.7 Å². The summed E-state index contributed by atoms with van der Waals surface area (Å²) >= 11 is 0. The Morgan fingerprint density at radius 2 is 1.67 bits per heavy atom. The van der Waals surface area contributed by atoms with Gasteiger partial charge in [0.15, 0.2) is 6.19 Å². The summed E-state index contributed by atoms with van der Waals surface area (Å²) in [4.78, 5) is 18.0. The molecule has 0 aliphatic carbocycles. The van der Waals surface area contributed by atoms with Crippen LogP contribution in [0, 0.1) is 0 Å². The number of carboxylic acids is 1. The number of carboxylic acid groups (broad SMARTS) is 1. The second kappa shape index (κ2) is 7.12. The molecule has 0 rings (SSSR count). The van der Waals surface area contributed by atoms with Crippen LogP contribution in [0.5, 0.6) is 0 Å². The molecule has 5 nitrogen and oxygen atoms in total. The third-order valence-corrected chi connectivity index (χ3v) is 0.122. The predicted molar refractivity (Wildman–Crippen MR) is 30.3 cm³/mol. The van der Waals surface area contributed by atoms with Crippen molar-refractivity contribution in [2.75, 3.05) is 0 Å². The molecular weight excluding hydrogens is 127 g/mol. The van der Waals surface area contributed by atoms with Gasteiger partial charge in [-0.15, -0.1) is 0 Å². The molecule has 52 valence electrons. The van der Waals surface area contributed by atoms with E-state index in [-0.39, 0.29) is 6.19 Å². The summed E-state index contributed by atoms with van der Waals surface area (Å²) in [7, 11) is -1.80. The topological polar surface area (TPSA) is 94.8 Å². The van der Waals surface area contributed by atoms with E-state index in [1.54, 1.807) is 0 Å². The van der Waals surface area contributed by atoms with E-state index in [9.17, 15) is 0 Å². The molecule has 0 spiro atoms. The fourth-order valence-electron chi connectivity index (χ4n) is 0. The average Bonchev–Trinajstić information content (AvgIpc) is 1.65. The molecule has 0 atom stereocenters. The first-order valence-corrected chi connectivity index (χ1v) is 2.01. The number of hydrogen-bond acceptors (Lipinski definition) is 4. The third-order valence-electron chi connectivity index (χ3n) is 0.122. The molecule has 0 aromatic rings. The maximum atomic E-state index is 9.00. The minimum Gasteiger partial charge on any atom is -0.481 e. The highest BCUT2D eigenvalue weighted by molar-refractivity contribution is 6.71. The van der Waals surface area contributed by atoms with Crippen molar-refractivity contribution in [3.05, 3.63) is 0 Å². The van der Waals surface area contributed by atoms with E-state index in [1.807, 2.05) is 0 Å². The Morgan fingerprint density at radius 3 is 1.67 bits per heavy atom. The van der Waals surface area contributed by atoms with Gasteiger partial charge in [-0.1, -0.05) is 0 Å². The van der Waals surface area contributed by atoms with Crippen molar-refractivity contribution in [2.45, 2.75) is 6.92 Å². The molecule has 6 heteroatoms. The lowest BCUT2D eigenvalue weighted by atomic mass is 9.97. The first kappa shape index (κ1) is 11.0. The van der Waals surface area contributed by atoms with Crippen molar-refractivity contribution >= 4 is 19.3 Å². The molecule has 0 aromatic carbocycles. The molecule has 0 radical (unpaired) electrons. The van der Waals surface area contributed by atoms with Gasteiger partial charge < -0.3 is 19.9 Å². The molecule has 0 aromatic heterocycles. The van der Waals surface area contributed by atoms with Crippen LogP contribution in [0.15, 0.2) is 0 Å². The second-order valence-corrected chi connectivity index (χ2v) is 1.07. The van der Waals surface area contributed by atoms with Crippen LogP contribution < -0.4 is 0 Å². The first-order chi connectivity index (χ1) is 4.00. The molecule has 9 heavy (non-hydrogen) atoms. The molecule has 0 fully saturated rings. The van der Waals surface area contributed by atoms with Gasteiger partial charge in [-0.2, -0.15) is 0 Å². The van der Waals surface area contributed by atoms with Gasteiger partial charge in [0, 0.05) is 6.92 Å². The quantitative estimate of drug-likeness (QED) is 0.294. The summed E-state index contributed by atoms with van der Waals surface area (Å²) in [5.41, 5.74) is 0. The van der Waals surface area contributed by atoms with Gasteiger partial charge in [0.25, 0.3) is 5.97 Å². The van der Waals surface area contributed by atoms with Crippen LogP contribution in [0.4, 0.5) is 0 Å². The van der Waals surface area contributed by atoms with Gasteiger partial charge >= 0.3 is 7.12 Å². The lowest BCUT2D eigenvalue weighted by molar-refractivity contribution is -0.134. The number of carbonyl (C=O) groups excluding carboxylic acids is 1. The highest BCUT2D eigenvalue weighted by Gasteiger charge is 1.98. The Bertz CT molecular complexity index is 86.2. The molecular formula is C3H7BO5. The van der Waals surface area contributed by atoms with Crippen molar-refractivity contribution in [3.63, 3.8) is 0 Å². The van der Waals surface area contributed by atoms with Crippen molar-refractivity contribution in [1.82, 2.24) is 0 Å². The van der Waals surface area contributed by atoms with E-state index in [2.05, 4.69) is 0 Å². The lowest BCUT2D eigenvalue weighted by Crippen LogP contribution is -2.11. The molecule has 0 saturated carbocycles. The van der Waals surface area contributed by atoms with Crippen LogP contribution in [-0.2, 0) is 9.59 Å². The molecule has 0 saturated heterocycles. The van der Waals surface area contributed by atoms with Gasteiger partial charge in [-0.3, -0.25) is 4.79 Å². The van der Waals surface area contributed by atoms with Gasteiger partial charge in [-0.05, 0) is 0 Å². The highest BCUT2D eigenvalue weighted by atomic mass is 16.4. The van der Waals surface area contributed by atoms with Gasteiger partial charge in [0.1, 0.15) is 0 Å². The van der Waals surface area contributed by atoms with E-state index in [4.69, 9.17) is 24.7 Å². The van der Waals surface area contributed by atoms with E-state index in [0.717, 1.165) is 6.92 Å². The van der Waals surface area contributed by atoms with Crippen LogP contribution in [0.25, 0.3) is 0 Å². The minimum atomic E-state index is -1.80. The van der Waals surface area contributed by atoms with E-state index in [0.29, 0.717) is 0 Å². The number of aliphatic carboxylic acids is 1. The standard InChI is InChI=1S/C2H4O2.CH3BO3/c1-2(3)4;3-1-2(4)5/h1H3,(H,3,4);1,4-5H. The normalized spacial score (nSPS) is 6.56. The molecule has 0 bridgehead atoms. The van der Waals surface area contributed by atoms with Crippen molar-refractivity contribution in [1.29, 1.82) is 0 Å². The van der Waals surface area contributed by atoms with Crippen LogP contribution in [0.1, 0.15) is 6.92 Å². The van der Waals surface area contributed by atoms with Crippen LogP contribution in [-0.4, -0.2) is 34.4 Å². The van der Waals surface area contributed by atoms with Crippen LogP contribution in [0.2, 0.25) is 0 Å². The molecule has 0 aliphatic rings. The molecule has 3 N–H and O–H groups in total. The zero-order chi connectivity index (χ0) is 7.86. The fourth-order valence-corrected chi connectivity index (χ4v) is 0. The fraction of sp³-hybridized carbons (Fsp3) is 0.333. The minimum absolute atomic E-state index is 0.0278. The summed E-state index contributed by atoms with van der Waals surface area (Å²) in [6, 6.07) is 0. The first-order valence-electron chi connectivity index (χ1n) is 2.01. The zero-order valence-electron chi connectivity index (χ0n) is 4.81. The maximum absolute atomic E-state index is 9.00. The number of hydrogen-bond donors (Lipinski definition) is 3. The Morgan fingerprint density at radius 1 is 1.56 bits per heavy atom. The van der Waals surface area contributed by atoms with Gasteiger partial charge in [0.05, 0.1) is 0 Å². The third kappa shape index (κ3) is 148. The predicted octanol–water partition coefficient (Wildman–Crippen LogP) is -1.68. The van der Waals surface area contributed by atoms with Gasteiger partial charge in [0.2, 0.25) is 0 Å². The zero-order valence-corrected chi connectivity index (χ0v) is 4.81. The summed E-state index contributed by atoms with van der Waals surface area (Å²) in [5, 5.41) is 22.5. The summed E-state index contributed by atoms with van der Waals surface area (Å²) < 4.78 is 0. The Balaban J connectivity index is 0. The molecule has 0 unspecified atom stereocenters. The van der Waals surface area contributed by atoms with Crippen molar-refractivity contribution in [2.24, 2.45) is 0 Å². The maximum Gasteiger partial charge on any atom is 0.523 e. The van der Waals surface area contributed by atoms with E-state index >= 15 is 0 Å². The SMILES string of the molecule is CC(=O)O.O=CB(O)O. The second-order valence-electron chi connectivity index (χ2n) is 1.07. The Hall–Kier alpha value is -0.875. The largest absolute Gasteiger partial charge is 0.523 e. The summed E-state index contributed by atoms with van der Waals surface area (Å²) in [5.74, 6) is -0.833. The number of carbonyl (C=O) groups is 2. The summed E-state index contributed by atoms with van der Waals surface area (Å²) in [6.07, 6.45) is 0.0278. The Kier molecular flexibility index (Phi) is 8.70. The molecule has 0 amide bonds. The smallest absolute Gasteiger partial charge is 0.481 e. The van der Waals surface area contributed by atoms with Crippen LogP contribution >= 0.6 is 0 Å². The molecule has 0 heterocycles. The van der Waals surface area contributed by atoms with Crippen LogP contribution in [0.3, 0.4) is 0 Å². The summed E-state index contributed by atoms with van der Waals surface area (Å²) in [6.45, 7) is 1.08. The lowest BCUT2D eigenvalue weighted by Gasteiger charge is -1.70. The van der Waals surface area contributed by atoms with Gasteiger partial charge in [-0.25, -0.2) is 0 Å².